The summed E-state index contributed by atoms with van der Waals surface area (Å²) in [5.74, 6) is 0.263. The Balaban J connectivity index is 1.11. The Hall–Kier alpha value is -5.06. The number of hydrazone groups is 1. The Morgan fingerprint density at radius 2 is 1.78 bits per heavy atom. The van der Waals surface area contributed by atoms with E-state index in [9.17, 15) is 14.9 Å². The smallest absolute Gasteiger partial charge is 0.271 e. The van der Waals surface area contributed by atoms with Crippen LogP contribution >= 0.6 is 22.9 Å². The van der Waals surface area contributed by atoms with Crippen molar-refractivity contribution in [2.45, 2.75) is 6.61 Å². The predicted molar refractivity (Wildman–Crippen MR) is 161 cm³/mol. The van der Waals surface area contributed by atoms with Gasteiger partial charge in [0.1, 0.15) is 12.4 Å². The molecule has 0 radical (unpaired) electrons. The molecule has 11 heteroatoms. The highest BCUT2D eigenvalue weighted by Crippen LogP contribution is 2.28. The van der Waals surface area contributed by atoms with Crippen molar-refractivity contribution in [1.29, 1.82) is 0 Å². The van der Waals surface area contributed by atoms with Crippen molar-refractivity contribution in [2.75, 3.05) is 5.32 Å². The van der Waals surface area contributed by atoms with Crippen LogP contribution in [-0.4, -0.2) is 22.0 Å². The van der Waals surface area contributed by atoms with E-state index < -0.39 is 4.92 Å². The first kappa shape index (κ1) is 27.5. The van der Waals surface area contributed by atoms with Crippen molar-refractivity contribution < 1.29 is 14.5 Å². The first-order valence-corrected chi connectivity index (χ1v) is 13.6. The van der Waals surface area contributed by atoms with Crippen molar-refractivity contribution >= 4 is 51.6 Å². The molecular weight excluding hydrogens is 562 g/mol. The van der Waals surface area contributed by atoms with Crippen LogP contribution in [0.1, 0.15) is 21.5 Å². The van der Waals surface area contributed by atoms with E-state index in [1.165, 1.54) is 29.7 Å². The molecule has 41 heavy (non-hydrogen) atoms. The fourth-order valence-electron chi connectivity index (χ4n) is 3.72. The molecule has 0 aliphatic carbocycles. The molecule has 0 unspecified atom stereocenters. The number of hydrogen-bond acceptors (Lipinski definition) is 8. The van der Waals surface area contributed by atoms with Gasteiger partial charge in [0.2, 0.25) is 0 Å². The van der Waals surface area contributed by atoms with Crippen LogP contribution in [0.15, 0.2) is 108 Å². The van der Waals surface area contributed by atoms with Crippen LogP contribution < -0.4 is 15.5 Å². The molecular formula is C30H22ClN5O4S. The van der Waals surface area contributed by atoms with Gasteiger partial charge in [-0.15, -0.1) is 11.3 Å². The number of hydrogen-bond donors (Lipinski definition) is 2. The maximum atomic E-state index is 12.5. The van der Waals surface area contributed by atoms with E-state index in [0.29, 0.717) is 21.9 Å². The number of halogens is 1. The lowest BCUT2D eigenvalue weighted by molar-refractivity contribution is -0.384. The summed E-state index contributed by atoms with van der Waals surface area (Å²) in [6.45, 7) is 0.202. The van der Waals surface area contributed by atoms with E-state index in [2.05, 4.69) is 20.8 Å². The van der Waals surface area contributed by atoms with Gasteiger partial charge in [-0.3, -0.25) is 14.9 Å². The van der Waals surface area contributed by atoms with Gasteiger partial charge in [-0.25, -0.2) is 10.4 Å². The summed E-state index contributed by atoms with van der Waals surface area (Å²) in [5.41, 5.74) is 7.05. The molecule has 204 valence electrons. The molecule has 1 amide bonds. The summed E-state index contributed by atoms with van der Waals surface area (Å²) in [6.07, 6.45) is 1.53. The third kappa shape index (κ3) is 7.53. The van der Waals surface area contributed by atoms with Crippen molar-refractivity contribution in [3.05, 3.63) is 134 Å². The monoisotopic (exact) mass is 583 g/mol. The highest BCUT2D eigenvalue weighted by atomic mass is 35.5. The van der Waals surface area contributed by atoms with Crippen LogP contribution in [0.2, 0.25) is 5.02 Å². The largest absolute Gasteiger partial charge is 0.489 e. The lowest BCUT2D eigenvalue weighted by Crippen LogP contribution is -2.17. The van der Waals surface area contributed by atoms with Gasteiger partial charge >= 0.3 is 0 Å². The van der Waals surface area contributed by atoms with Gasteiger partial charge in [0, 0.05) is 39.3 Å². The quantitative estimate of drug-likeness (QED) is 0.100. The fraction of sp³-hybridized carbons (Fsp3) is 0.0333. The number of thiazole rings is 1. The molecule has 0 atom stereocenters. The molecule has 0 spiro atoms. The van der Waals surface area contributed by atoms with Gasteiger partial charge in [0.05, 0.1) is 16.8 Å². The molecule has 0 saturated heterocycles. The highest BCUT2D eigenvalue weighted by molar-refractivity contribution is 7.14. The van der Waals surface area contributed by atoms with Crippen molar-refractivity contribution in [1.82, 2.24) is 10.4 Å². The first-order chi connectivity index (χ1) is 19.9. The van der Waals surface area contributed by atoms with Crippen LogP contribution in [0.5, 0.6) is 5.75 Å². The minimum absolute atomic E-state index is 0.0208. The van der Waals surface area contributed by atoms with E-state index in [4.69, 9.17) is 16.3 Å². The second-order valence-electron chi connectivity index (χ2n) is 8.73. The fourth-order valence-corrected chi connectivity index (χ4v) is 4.59. The van der Waals surface area contributed by atoms with E-state index in [0.717, 1.165) is 27.6 Å². The zero-order valence-corrected chi connectivity index (χ0v) is 22.9. The number of carbonyl (C=O) groups is 1. The average Bonchev–Trinajstić information content (AvgIpc) is 3.46. The second-order valence-corrected chi connectivity index (χ2v) is 10.0. The zero-order valence-electron chi connectivity index (χ0n) is 21.4. The van der Waals surface area contributed by atoms with Crippen LogP contribution in [0.3, 0.4) is 0 Å². The molecule has 5 aromatic rings. The van der Waals surface area contributed by atoms with Crippen LogP contribution in [0, 0.1) is 10.1 Å². The normalized spacial score (nSPS) is 10.9. The number of benzene rings is 4. The SMILES string of the molecule is O=C(N/N=C\c1ccc(OCc2cccc([N+](=O)[O-])c2)cc1)c1ccc(-c2csc(Nc3ccc(Cl)cc3)n2)cc1. The first-order valence-electron chi connectivity index (χ1n) is 12.3. The number of carbonyl (C=O) groups excluding carboxylic acids is 1. The Labute approximate surface area is 244 Å². The maximum absolute atomic E-state index is 12.5. The van der Waals surface area contributed by atoms with Gasteiger partial charge in [-0.1, -0.05) is 35.9 Å². The summed E-state index contributed by atoms with van der Waals surface area (Å²) in [5, 5.41) is 21.6. The van der Waals surface area contributed by atoms with E-state index >= 15 is 0 Å². The standard InChI is InChI=1S/C30H22ClN5O4S/c31-24-10-12-25(13-11-24)33-30-34-28(19-41-30)22-6-8-23(9-7-22)29(37)35-32-17-20-4-14-27(15-5-20)40-18-21-2-1-3-26(16-21)36(38)39/h1-17,19H,18H2,(H,33,34)(H,35,37)/b32-17-. The highest BCUT2D eigenvalue weighted by Gasteiger charge is 2.09. The van der Waals surface area contributed by atoms with Gasteiger partial charge in [0.25, 0.3) is 11.6 Å². The molecule has 0 aliphatic rings. The Kier molecular flexibility index (Phi) is 8.63. The number of rotatable bonds is 10. The van der Waals surface area contributed by atoms with E-state index in [1.54, 1.807) is 48.5 Å². The minimum atomic E-state index is -0.439. The van der Waals surface area contributed by atoms with Gasteiger partial charge in [-0.05, 0) is 71.8 Å². The van der Waals surface area contributed by atoms with Crippen LogP contribution in [0.25, 0.3) is 11.3 Å². The van der Waals surface area contributed by atoms with E-state index in [1.807, 2.05) is 41.8 Å². The summed E-state index contributed by atoms with van der Waals surface area (Å²) in [4.78, 5) is 27.6. The summed E-state index contributed by atoms with van der Waals surface area (Å²) < 4.78 is 5.71. The molecule has 0 aliphatic heterocycles. The molecule has 9 nitrogen and oxygen atoms in total. The number of aromatic nitrogens is 1. The number of nitrogens with one attached hydrogen (secondary N) is 2. The third-order valence-electron chi connectivity index (χ3n) is 5.83. The number of nitro groups is 1. The molecule has 0 fully saturated rings. The molecule has 1 aromatic heterocycles. The number of amides is 1. The van der Waals surface area contributed by atoms with Gasteiger partial charge < -0.3 is 10.1 Å². The third-order valence-corrected chi connectivity index (χ3v) is 6.84. The van der Waals surface area contributed by atoms with Crippen LogP contribution in [0.4, 0.5) is 16.5 Å². The number of nitro benzene ring substituents is 1. The summed E-state index contributed by atoms with van der Waals surface area (Å²) in [6, 6.07) is 27.9. The summed E-state index contributed by atoms with van der Waals surface area (Å²) in [7, 11) is 0. The molecule has 0 saturated carbocycles. The van der Waals surface area contributed by atoms with Crippen molar-refractivity contribution in [2.24, 2.45) is 5.10 Å². The maximum Gasteiger partial charge on any atom is 0.271 e. The molecule has 1 heterocycles. The minimum Gasteiger partial charge on any atom is -0.489 e. The van der Waals surface area contributed by atoms with Crippen molar-refractivity contribution in [3.8, 4) is 17.0 Å². The second kappa shape index (κ2) is 12.9. The number of anilines is 2. The predicted octanol–water partition coefficient (Wildman–Crippen LogP) is 7.46. The number of non-ortho nitro benzene ring substituents is 1. The number of nitrogens with zero attached hydrogens (tertiary/aromatic N) is 3. The zero-order chi connectivity index (χ0) is 28.6. The Morgan fingerprint density at radius 1 is 1.02 bits per heavy atom. The van der Waals surface area contributed by atoms with E-state index in [-0.39, 0.29) is 18.2 Å². The Bertz CT molecular complexity index is 1690. The van der Waals surface area contributed by atoms with Gasteiger partial charge in [-0.2, -0.15) is 5.10 Å². The van der Waals surface area contributed by atoms with Gasteiger partial charge in [0.15, 0.2) is 5.13 Å². The molecule has 2 N–H and O–H groups in total. The van der Waals surface area contributed by atoms with Crippen molar-refractivity contribution in [3.63, 3.8) is 0 Å². The lowest BCUT2D eigenvalue weighted by atomic mass is 10.1. The number of ether oxygens (including phenoxy) is 1. The Morgan fingerprint density at radius 3 is 2.51 bits per heavy atom. The molecule has 5 rings (SSSR count). The molecule has 0 bridgehead atoms. The average molecular weight is 584 g/mol. The molecule has 4 aromatic carbocycles. The lowest BCUT2D eigenvalue weighted by Gasteiger charge is -2.06. The van der Waals surface area contributed by atoms with Crippen LogP contribution in [-0.2, 0) is 6.61 Å². The topological polar surface area (TPSA) is 119 Å². The summed E-state index contributed by atoms with van der Waals surface area (Å²) >= 11 is 7.42.